The summed E-state index contributed by atoms with van der Waals surface area (Å²) >= 11 is 1.38. The fourth-order valence-corrected chi connectivity index (χ4v) is 3.17. The van der Waals surface area contributed by atoms with E-state index >= 15 is 0 Å². The van der Waals surface area contributed by atoms with Gasteiger partial charge in [0.25, 0.3) is 5.91 Å². The molecule has 2 N–H and O–H groups in total. The number of aromatic nitrogens is 2. The molecule has 2 aromatic carbocycles. The minimum Gasteiger partial charge on any atom is -0.545 e. The Morgan fingerprint density at radius 1 is 1.23 bits per heavy atom. The van der Waals surface area contributed by atoms with Crippen molar-refractivity contribution >= 4 is 40.9 Å². The second kappa shape index (κ2) is 7.83. The molecule has 1 amide bonds. The van der Waals surface area contributed by atoms with Crippen LogP contribution in [0.2, 0.25) is 0 Å². The Balaban J connectivity index is 1.53. The van der Waals surface area contributed by atoms with Gasteiger partial charge in [-0.1, -0.05) is 36.4 Å². The van der Waals surface area contributed by atoms with E-state index in [1.54, 1.807) is 12.1 Å². The minimum absolute atomic E-state index is 0.0915. The van der Waals surface area contributed by atoms with Gasteiger partial charge < -0.3 is 9.90 Å². The maximum Gasteiger partial charge on any atom is 0.317 e. The number of aromatic amines is 1. The zero-order valence-electron chi connectivity index (χ0n) is 13.9. The molecule has 0 aliphatic carbocycles. The molecular formula is C18H16N4O3S. The largest absolute Gasteiger partial charge is 0.545 e. The Morgan fingerprint density at radius 3 is 2.65 bits per heavy atom. The Bertz CT molecular complexity index is 980. The summed E-state index contributed by atoms with van der Waals surface area (Å²) < 4.78 is 2.00. The van der Waals surface area contributed by atoms with Crippen LogP contribution in [0.15, 0.2) is 58.8 Å². The van der Waals surface area contributed by atoms with Crippen molar-refractivity contribution in [3.63, 3.8) is 0 Å². The van der Waals surface area contributed by atoms with Gasteiger partial charge in [0.2, 0.25) is 0 Å². The van der Waals surface area contributed by atoms with Crippen molar-refractivity contribution in [2.24, 2.45) is 12.1 Å². The lowest BCUT2D eigenvalue weighted by atomic mass is 10.1. The fraction of sp³-hybridized carbons (Fsp3) is 0.111. The number of rotatable bonds is 6. The number of nitrogens with one attached hydrogen (secondary N) is 2. The number of aryl methyl sites for hydroxylation is 1. The number of hydrazone groups is 1. The van der Waals surface area contributed by atoms with E-state index in [1.807, 2.05) is 35.9 Å². The average Bonchev–Trinajstić information content (AvgIpc) is 2.97. The maximum absolute atomic E-state index is 11.9. The van der Waals surface area contributed by atoms with Gasteiger partial charge in [0, 0.05) is 0 Å². The first-order valence-corrected chi connectivity index (χ1v) is 8.76. The lowest BCUT2D eigenvalue weighted by Gasteiger charge is -2.01. The van der Waals surface area contributed by atoms with Crippen molar-refractivity contribution in [2.75, 3.05) is 5.75 Å². The van der Waals surface area contributed by atoms with E-state index in [4.69, 9.17) is 0 Å². The summed E-state index contributed by atoms with van der Waals surface area (Å²) in [6.45, 7) is 0. The molecule has 0 bridgehead atoms. The van der Waals surface area contributed by atoms with E-state index < -0.39 is 5.97 Å². The quantitative estimate of drug-likeness (QED) is 0.288. The number of carboxylic acids is 1. The number of amides is 1. The number of benzene rings is 2. The van der Waals surface area contributed by atoms with Crippen molar-refractivity contribution in [3.05, 3.63) is 59.7 Å². The van der Waals surface area contributed by atoms with Crippen molar-refractivity contribution in [1.82, 2.24) is 10.4 Å². The Morgan fingerprint density at radius 2 is 1.96 bits per heavy atom. The van der Waals surface area contributed by atoms with Crippen molar-refractivity contribution < 1.29 is 19.3 Å². The van der Waals surface area contributed by atoms with Crippen LogP contribution in [-0.4, -0.2) is 28.8 Å². The maximum atomic E-state index is 11.9. The van der Waals surface area contributed by atoms with Crippen LogP contribution in [0.4, 0.5) is 0 Å². The second-order valence-corrected chi connectivity index (χ2v) is 6.46. The van der Waals surface area contributed by atoms with Crippen LogP contribution in [0.1, 0.15) is 15.9 Å². The number of para-hydroxylation sites is 2. The third kappa shape index (κ3) is 4.09. The van der Waals surface area contributed by atoms with Crippen LogP contribution in [0.3, 0.4) is 0 Å². The number of carbonyl (C=O) groups excluding carboxylic acids is 2. The summed E-state index contributed by atoms with van der Waals surface area (Å²) in [6.07, 6.45) is 1.45. The standard InChI is InChI=1S/C18H16N4O3S/c1-22-15-5-3-2-4-14(15)20-18(22)26-11-16(23)21-19-10-12-6-8-13(9-7-12)17(24)25/h2-10H,11H2,1H3,(H2,21,23,24,25). The summed E-state index contributed by atoms with van der Waals surface area (Å²) in [6, 6.07) is 13.9. The lowest BCUT2D eigenvalue weighted by Crippen LogP contribution is -2.30. The molecule has 0 saturated carbocycles. The third-order valence-electron chi connectivity index (χ3n) is 3.70. The highest BCUT2D eigenvalue weighted by atomic mass is 32.2. The Kier molecular flexibility index (Phi) is 5.33. The van der Waals surface area contributed by atoms with Crippen LogP contribution in [0, 0.1) is 0 Å². The van der Waals surface area contributed by atoms with E-state index in [0.29, 0.717) is 5.56 Å². The van der Waals surface area contributed by atoms with Crippen LogP contribution >= 0.6 is 11.8 Å². The Labute approximate surface area is 153 Å². The van der Waals surface area contributed by atoms with Crippen molar-refractivity contribution in [2.45, 2.75) is 5.16 Å². The first-order valence-electron chi connectivity index (χ1n) is 7.77. The highest BCUT2D eigenvalue weighted by molar-refractivity contribution is 7.99. The summed E-state index contributed by atoms with van der Waals surface area (Å²) in [5.41, 5.74) is 5.29. The van der Waals surface area contributed by atoms with E-state index in [2.05, 4.69) is 15.5 Å². The topological polar surface area (TPSA) is 101 Å². The van der Waals surface area contributed by atoms with Gasteiger partial charge in [-0.25, -0.2) is 15.0 Å². The zero-order valence-corrected chi connectivity index (χ0v) is 14.7. The summed E-state index contributed by atoms with van der Waals surface area (Å²) in [7, 11) is 1.94. The lowest BCUT2D eigenvalue weighted by molar-refractivity contribution is -0.683. The molecule has 0 radical (unpaired) electrons. The molecule has 0 spiro atoms. The molecular weight excluding hydrogens is 352 g/mol. The molecule has 0 fully saturated rings. The van der Waals surface area contributed by atoms with Gasteiger partial charge in [0.05, 0.1) is 25.0 Å². The van der Waals surface area contributed by atoms with Crippen LogP contribution < -0.4 is 15.1 Å². The summed E-state index contributed by atoms with van der Waals surface area (Å²) in [5.74, 6) is -1.26. The number of thioether (sulfide) groups is 1. The summed E-state index contributed by atoms with van der Waals surface area (Å²) in [4.78, 5) is 25.9. The molecule has 8 heteroatoms. The third-order valence-corrected chi connectivity index (χ3v) is 4.76. The normalized spacial score (nSPS) is 11.1. The van der Waals surface area contributed by atoms with Gasteiger partial charge in [-0.3, -0.25) is 4.79 Å². The van der Waals surface area contributed by atoms with Crippen molar-refractivity contribution in [1.29, 1.82) is 0 Å². The number of carboxylic acid groups (broad SMARTS) is 1. The number of aromatic carboxylic acids is 1. The number of nitrogens with zero attached hydrogens (tertiary/aromatic N) is 2. The SMILES string of the molecule is C[n+]1c(SCC(=O)NN=Cc2ccc(C(=O)[O-])cc2)[nH]c2ccccc21. The minimum atomic E-state index is -1.23. The van der Waals surface area contributed by atoms with E-state index in [0.717, 1.165) is 16.2 Å². The van der Waals surface area contributed by atoms with Gasteiger partial charge in [-0.15, -0.1) is 0 Å². The molecule has 0 aliphatic heterocycles. The van der Waals surface area contributed by atoms with Crippen LogP contribution in [-0.2, 0) is 11.8 Å². The number of carbonyl (C=O) groups is 2. The van der Waals surface area contributed by atoms with E-state index in [-0.39, 0.29) is 17.2 Å². The molecule has 3 rings (SSSR count). The predicted molar refractivity (Wildman–Crippen MR) is 96.7 cm³/mol. The predicted octanol–water partition coefficient (Wildman–Crippen LogP) is 0.598. The molecule has 26 heavy (non-hydrogen) atoms. The molecule has 0 aliphatic rings. The fourth-order valence-electron chi connectivity index (χ4n) is 2.36. The monoisotopic (exact) mass is 368 g/mol. The highest BCUT2D eigenvalue weighted by Crippen LogP contribution is 2.16. The van der Waals surface area contributed by atoms with Gasteiger partial charge in [-0.05, 0) is 35.0 Å². The second-order valence-electron chi connectivity index (χ2n) is 5.50. The number of fused-ring (bicyclic) bond motifs is 1. The molecule has 132 valence electrons. The van der Waals surface area contributed by atoms with Crippen LogP contribution in [0.25, 0.3) is 11.0 Å². The van der Waals surface area contributed by atoms with Gasteiger partial charge in [-0.2, -0.15) is 5.10 Å². The van der Waals surface area contributed by atoms with Gasteiger partial charge in [0.15, 0.2) is 11.0 Å². The van der Waals surface area contributed by atoms with Gasteiger partial charge in [0.1, 0.15) is 0 Å². The van der Waals surface area contributed by atoms with Gasteiger partial charge >= 0.3 is 5.16 Å². The number of hydrogen-bond donors (Lipinski definition) is 2. The number of imidazole rings is 1. The Hall–Kier alpha value is -3.13. The molecule has 7 nitrogen and oxygen atoms in total. The van der Waals surface area contributed by atoms with E-state index in [9.17, 15) is 14.7 Å². The molecule has 0 saturated heterocycles. The zero-order chi connectivity index (χ0) is 18.5. The number of hydrogen-bond acceptors (Lipinski definition) is 5. The molecule has 3 aromatic rings. The summed E-state index contributed by atoms with van der Waals surface area (Å²) in [5, 5.41) is 15.4. The first kappa shape index (κ1) is 17.7. The highest BCUT2D eigenvalue weighted by Gasteiger charge is 2.16. The average molecular weight is 368 g/mol. The molecule has 1 aromatic heterocycles. The molecule has 0 atom stereocenters. The number of H-pyrrole nitrogens is 1. The smallest absolute Gasteiger partial charge is 0.317 e. The first-order chi connectivity index (χ1) is 12.5. The molecule has 0 unspecified atom stereocenters. The molecule has 1 heterocycles. The van der Waals surface area contributed by atoms with Crippen LogP contribution in [0.5, 0.6) is 0 Å². The van der Waals surface area contributed by atoms with E-state index in [1.165, 1.54) is 30.1 Å². The van der Waals surface area contributed by atoms with Crippen molar-refractivity contribution in [3.8, 4) is 0 Å².